The first-order valence-electron chi connectivity index (χ1n) is 8.37. The number of cyclic esters (lactones) is 1. The summed E-state index contributed by atoms with van der Waals surface area (Å²) in [7, 11) is 0. The summed E-state index contributed by atoms with van der Waals surface area (Å²) in [6, 6.07) is 10.5. The van der Waals surface area contributed by atoms with E-state index in [0.29, 0.717) is 28.9 Å². The molecule has 134 valence electrons. The average molecular weight is 352 g/mol. The molecular weight excluding hydrogens is 332 g/mol. The Morgan fingerprint density at radius 1 is 1.23 bits per heavy atom. The Morgan fingerprint density at radius 3 is 2.65 bits per heavy atom. The van der Waals surface area contributed by atoms with Crippen LogP contribution in [0, 0.1) is 6.92 Å². The van der Waals surface area contributed by atoms with Gasteiger partial charge < -0.3 is 10.1 Å². The molecule has 0 fully saturated rings. The quantitative estimate of drug-likeness (QED) is 0.674. The molecule has 0 unspecified atom stereocenters. The van der Waals surface area contributed by atoms with Gasteiger partial charge in [-0.05, 0) is 44.5 Å². The predicted molar refractivity (Wildman–Crippen MR) is 94.8 cm³/mol. The van der Waals surface area contributed by atoms with E-state index < -0.39 is 11.6 Å². The van der Waals surface area contributed by atoms with Gasteiger partial charge in [-0.2, -0.15) is 0 Å². The third kappa shape index (κ3) is 3.35. The molecule has 0 radical (unpaired) electrons. The topological polar surface area (TPSA) is 85.4 Å². The van der Waals surface area contributed by atoms with Crippen LogP contribution in [0.1, 0.15) is 51.5 Å². The molecule has 0 saturated carbocycles. The van der Waals surface area contributed by atoms with E-state index in [4.69, 9.17) is 4.74 Å². The summed E-state index contributed by atoms with van der Waals surface area (Å²) in [6.45, 7) is 5.03. The van der Waals surface area contributed by atoms with Gasteiger partial charge in [0.15, 0.2) is 11.4 Å². The Kier molecular flexibility index (Phi) is 4.59. The number of nitrogens with zero attached hydrogens (tertiary/aromatic N) is 1. The molecule has 1 aromatic heterocycles. The zero-order valence-electron chi connectivity index (χ0n) is 15.0. The Morgan fingerprint density at radius 2 is 1.96 bits per heavy atom. The van der Waals surface area contributed by atoms with Gasteiger partial charge in [-0.25, -0.2) is 4.79 Å². The lowest BCUT2D eigenvalue weighted by atomic mass is 9.89. The number of esters is 1. The number of benzene rings is 1. The highest BCUT2D eigenvalue weighted by molar-refractivity contribution is 5.97. The molecule has 1 atom stereocenters. The van der Waals surface area contributed by atoms with Crippen molar-refractivity contribution in [2.24, 2.45) is 0 Å². The molecule has 0 bridgehead atoms. The number of nitrogens with one attached hydrogen (secondary N) is 1. The largest absolute Gasteiger partial charge is 0.445 e. The second-order valence-electron chi connectivity index (χ2n) is 6.63. The first kappa shape index (κ1) is 17.8. The lowest BCUT2D eigenvalue weighted by molar-refractivity contribution is -0.140. The van der Waals surface area contributed by atoms with Crippen LogP contribution in [0.3, 0.4) is 0 Å². The van der Waals surface area contributed by atoms with Crippen LogP contribution in [0.25, 0.3) is 0 Å². The van der Waals surface area contributed by atoms with Crippen LogP contribution < -0.4 is 5.32 Å². The van der Waals surface area contributed by atoms with E-state index >= 15 is 0 Å². The van der Waals surface area contributed by atoms with Gasteiger partial charge in [0.05, 0.1) is 17.8 Å². The standard InChI is InChI=1S/C20H20N2O4/c1-12-16(13(2)23)9-8-15(22-12)11-21-19(25)20(3)10-14-6-4-5-7-17(14)18(24)26-20/h4-9H,10-11H2,1-3H3,(H,21,25)/t20-/m1/s1. The zero-order valence-corrected chi connectivity index (χ0v) is 15.0. The summed E-state index contributed by atoms with van der Waals surface area (Å²) in [4.78, 5) is 40.6. The average Bonchev–Trinajstić information content (AvgIpc) is 2.59. The molecule has 3 rings (SSSR count). The predicted octanol–water partition coefficient (Wildman–Crippen LogP) is 2.38. The smallest absolute Gasteiger partial charge is 0.339 e. The highest BCUT2D eigenvalue weighted by atomic mass is 16.6. The number of rotatable bonds is 4. The van der Waals surface area contributed by atoms with Crippen LogP contribution >= 0.6 is 0 Å². The molecule has 1 aliphatic heterocycles. The lowest BCUT2D eigenvalue weighted by Gasteiger charge is -2.33. The maximum absolute atomic E-state index is 12.6. The molecular formula is C20H20N2O4. The second kappa shape index (κ2) is 6.71. The van der Waals surface area contributed by atoms with Crippen molar-refractivity contribution in [3.8, 4) is 0 Å². The van der Waals surface area contributed by atoms with E-state index in [0.717, 1.165) is 5.56 Å². The van der Waals surface area contributed by atoms with E-state index in [1.807, 2.05) is 12.1 Å². The van der Waals surface area contributed by atoms with Crippen molar-refractivity contribution in [1.29, 1.82) is 0 Å². The SMILES string of the molecule is CC(=O)c1ccc(CNC(=O)[C@@]2(C)Cc3ccccc3C(=O)O2)nc1C. The number of pyridine rings is 1. The highest BCUT2D eigenvalue weighted by Crippen LogP contribution is 2.28. The van der Waals surface area contributed by atoms with Crippen LogP contribution in [0.15, 0.2) is 36.4 Å². The molecule has 1 aromatic carbocycles. The number of aromatic nitrogens is 1. The molecule has 1 aliphatic rings. The van der Waals surface area contributed by atoms with Crippen molar-refractivity contribution in [3.63, 3.8) is 0 Å². The summed E-state index contributed by atoms with van der Waals surface area (Å²) < 4.78 is 5.41. The summed E-state index contributed by atoms with van der Waals surface area (Å²) in [6.07, 6.45) is 0.316. The van der Waals surface area contributed by atoms with Gasteiger partial charge in [-0.1, -0.05) is 18.2 Å². The summed E-state index contributed by atoms with van der Waals surface area (Å²) >= 11 is 0. The molecule has 1 amide bonds. The normalized spacial score (nSPS) is 18.7. The number of hydrogen-bond acceptors (Lipinski definition) is 5. The van der Waals surface area contributed by atoms with E-state index in [9.17, 15) is 14.4 Å². The molecule has 1 N–H and O–H groups in total. The maximum Gasteiger partial charge on any atom is 0.339 e. The van der Waals surface area contributed by atoms with Gasteiger partial charge in [0, 0.05) is 17.7 Å². The zero-order chi connectivity index (χ0) is 18.9. The van der Waals surface area contributed by atoms with Crippen molar-refractivity contribution >= 4 is 17.7 Å². The Bertz CT molecular complexity index is 906. The Hall–Kier alpha value is -3.02. The van der Waals surface area contributed by atoms with Crippen molar-refractivity contribution in [2.75, 3.05) is 0 Å². The van der Waals surface area contributed by atoms with Crippen LogP contribution in [-0.2, 0) is 22.5 Å². The molecule has 26 heavy (non-hydrogen) atoms. The van der Waals surface area contributed by atoms with Gasteiger partial charge in [0.25, 0.3) is 5.91 Å². The molecule has 2 heterocycles. The van der Waals surface area contributed by atoms with E-state index in [1.54, 1.807) is 38.1 Å². The molecule has 0 aliphatic carbocycles. The Labute approximate surface area is 151 Å². The van der Waals surface area contributed by atoms with E-state index in [1.165, 1.54) is 6.92 Å². The number of ketones is 1. The molecule has 0 saturated heterocycles. The number of carbonyl (C=O) groups is 3. The van der Waals surface area contributed by atoms with Crippen molar-refractivity contribution in [3.05, 3.63) is 64.5 Å². The maximum atomic E-state index is 12.6. The minimum absolute atomic E-state index is 0.0501. The van der Waals surface area contributed by atoms with Gasteiger partial charge in [0.1, 0.15) is 0 Å². The number of Topliss-reactive ketones (excluding diaryl/α,β-unsaturated/α-hetero) is 1. The monoisotopic (exact) mass is 352 g/mol. The van der Waals surface area contributed by atoms with E-state index in [2.05, 4.69) is 10.3 Å². The lowest BCUT2D eigenvalue weighted by Crippen LogP contribution is -2.51. The number of aryl methyl sites for hydroxylation is 1. The van der Waals surface area contributed by atoms with Crippen LogP contribution in [0.5, 0.6) is 0 Å². The fraction of sp³-hybridized carbons (Fsp3) is 0.300. The molecule has 6 nitrogen and oxygen atoms in total. The first-order chi connectivity index (χ1) is 12.3. The minimum Gasteiger partial charge on any atom is -0.445 e. The summed E-state index contributed by atoms with van der Waals surface area (Å²) in [5.74, 6) is -0.925. The minimum atomic E-state index is -1.26. The first-order valence-corrected chi connectivity index (χ1v) is 8.37. The number of ether oxygens (including phenoxy) is 1. The molecule has 2 aromatic rings. The second-order valence-corrected chi connectivity index (χ2v) is 6.63. The van der Waals surface area contributed by atoms with Gasteiger partial charge >= 0.3 is 5.97 Å². The number of fused-ring (bicyclic) bond motifs is 1. The van der Waals surface area contributed by atoms with Gasteiger partial charge in [0.2, 0.25) is 0 Å². The third-order valence-electron chi connectivity index (χ3n) is 4.52. The number of carbonyl (C=O) groups excluding carboxylic acids is 3. The van der Waals surface area contributed by atoms with E-state index in [-0.39, 0.29) is 18.2 Å². The van der Waals surface area contributed by atoms with Gasteiger partial charge in [-0.3, -0.25) is 14.6 Å². The van der Waals surface area contributed by atoms with Crippen LogP contribution in [0.4, 0.5) is 0 Å². The van der Waals surface area contributed by atoms with Gasteiger partial charge in [-0.15, -0.1) is 0 Å². The summed E-state index contributed by atoms with van der Waals surface area (Å²) in [5.41, 5.74) is 1.83. The Balaban J connectivity index is 1.72. The van der Waals surface area contributed by atoms with Crippen molar-refractivity contribution in [2.45, 2.75) is 39.3 Å². The fourth-order valence-electron chi connectivity index (χ4n) is 3.10. The number of amides is 1. The fourth-order valence-corrected chi connectivity index (χ4v) is 3.10. The van der Waals surface area contributed by atoms with Crippen molar-refractivity contribution in [1.82, 2.24) is 10.3 Å². The number of hydrogen-bond donors (Lipinski definition) is 1. The van der Waals surface area contributed by atoms with Crippen molar-refractivity contribution < 1.29 is 19.1 Å². The molecule has 0 spiro atoms. The van der Waals surface area contributed by atoms with Crippen LogP contribution in [-0.4, -0.2) is 28.2 Å². The highest BCUT2D eigenvalue weighted by Gasteiger charge is 2.42. The summed E-state index contributed by atoms with van der Waals surface area (Å²) in [5, 5.41) is 2.77. The van der Waals surface area contributed by atoms with Crippen LogP contribution in [0.2, 0.25) is 0 Å². The third-order valence-corrected chi connectivity index (χ3v) is 4.52. The molecule has 6 heteroatoms.